The summed E-state index contributed by atoms with van der Waals surface area (Å²) < 4.78 is 5.31. The minimum Gasteiger partial charge on any atom is -0.550 e. The molecule has 5 heteroatoms. The third kappa shape index (κ3) is 3.48. The fraction of sp³-hybridized carbons (Fsp3) is 0.333. The number of hydrogen-bond donors (Lipinski definition) is 1. The number of hydrogen-bond acceptors (Lipinski definition) is 5. The lowest BCUT2D eigenvalue weighted by Gasteiger charge is -2.51. The molecule has 5 nitrogen and oxygen atoms in total. The van der Waals surface area contributed by atoms with Crippen molar-refractivity contribution in [3.63, 3.8) is 0 Å². The van der Waals surface area contributed by atoms with E-state index < -0.39 is 35.6 Å². The highest BCUT2D eigenvalue weighted by Gasteiger charge is 2.56. The number of benzene rings is 2. The highest BCUT2D eigenvalue weighted by Crippen LogP contribution is 2.57. The molecule has 0 spiro atoms. The van der Waals surface area contributed by atoms with Crippen LogP contribution in [0.3, 0.4) is 0 Å². The number of carbonyl (C=O) groups is 2. The first kappa shape index (κ1) is 18.1. The van der Waals surface area contributed by atoms with Gasteiger partial charge in [-0.1, -0.05) is 60.7 Å². The molecule has 0 bridgehead atoms. The van der Waals surface area contributed by atoms with Gasteiger partial charge in [-0.2, -0.15) is 0 Å². The number of carbonyl (C=O) groups excluding carboxylic acids is 2. The van der Waals surface area contributed by atoms with Crippen LogP contribution in [0.1, 0.15) is 29.4 Å². The van der Waals surface area contributed by atoms with Crippen LogP contribution in [0.25, 0.3) is 0 Å². The number of carboxylic acid groups (broad SMARTS) is 1. The minimum absolute atomic E-state index is 0.0656. The lowest BCUT2D eigenvalue weighted by atomic mass is 9.52. The van der Waals surface area contributed by atoms with Crippen LogP contribution in [0.5, 0.6) is 0 Å². The molecule has 2 aromatic rings. The van der Waals surface area contributed by atoms with E-state index >= 15 is 0 Å². The maximum absolute atomic E-state index is 12.7. The zero-order chi connectivity index (χ0) is 18.5. The molecule has 1 aliphatic carbocycles. The van der Waals surface area contributed by atoms with Crippen LogP contribution < -0.4 is 5.11 Å². The zero-order valence-corrected chi connectivity index (χ0v) is 14.3. The van der Waals surface area contributed by atoms with Crippen molar-refractivity contribution in [1.29, 1.82) is 0 Å². The normalized spacial score (nSPS) is 24.5. The highest BCUT2D eigenvalue weighted by atomic mass is 16.5. The SMILES string of the molecule is O=C([O-])C1[C@@H](c2ccccc2)C(C(=O)OCCCO)[C@@H]1c1ccccc1. The molecule has 136 valence electrons. The second-order valence-electron chi connectivity index (χ2n) is 6.49. The van der Waals surface area contributed by atoms with Crippen LogP contribution in [0.2, 0.25) is 0 Å². The van der Waals surface area contributed by atoms with E-state index in [1.54, 1.807) is 0 Å². The maximum Gasteiger partial charge on any atom is 0.310 e. The Morgan fingerprint density at radius 1 is 0.885 bits per heavy atom. The van der Waals surface area contributed by atoms with E-state index in [0.717, 1.165) is 11.1 Å². The summed E-state index contributed by atoms with van der Waals surface area (Å²) >= 11 is 0. The van der Waals surface area contributed by atoms with Gasteiger partial charge in [0.1, 0.15) is 0 Å². The van der Waals surface area contributed by atoms with Gasteiger partial charge in [-0.3, -0.25) is 4.79 Å². The second kappa shape index (κ2) is 8.15. The summed E-state index contributed by atoms with van der Waals surface area (Å²) in [5, 5.41) is 20.8. The number of esters is 1. The van der Waals surface area contributed by atoms with E-state index in [2.05, 4.69) is 0 Å². The van der Waals surface area contributed by atoms with Crippen LogP contribution in [0, 0.1) is 11.8 Å². The molecule has 1 fully saturated rings. The summed E-state index contributed by atoms with van der Waals surface area (Å²) in [6.45, 7) is 0.0503. The van der Waals surface area contributed by atoms with Crippen molar-refractivity contribution in [2.24, 2.45) is 11.8 Å². The number of aliphatic carboxylic acids is 1. The summed E-state index contributed by atoms with van der Waals surface area (Å²) in [6.07, 6.45) is 0.356. The zero-order valence-electron chi connectivity index (χ0n) is 14.3. The Bertz CT molecular complexity index is 696. The average Bonchev–Trinajstić information content (AvgIpc) is 2.62. The molecule has 2 atom stereocenters. The molecule has 26 heavy (non-hydrogen) atoms. The van der Waals surface area contributed by atoms with Gasteiger partial charge >= 0.3 is 5.97 Å². The Morgan fingerprint density at radius 3 is 1.81 bits per heavy atom. The summed E-state index contributed by atoms with van der Waals surface area (Å²) in [5.41, 5.74) is 1.58. The lowest BCUT2D eigenvalue weighted by Crippen LogP contribution is -2.55. The predicted molar refractivity (Wildman–Crippen MR) is 93.0 cm³/mol. The number of aliphatic hydroxyl groups excluding tert-OH is 1. The summed E-state index contributed by atoms with van der Waals surface area (Å²) in [7, 11) is 0. The Kier molecular flexibility index (Phi) is 5.68. The fourth-order valence-corrected chi connectivity index (χ4v) is 3.85. The van der Waals surface area contributed by atoms with Gasteiger partial charge in [-0.15, -0.1) is 0 Å². The number of carboxylic acids is 1. The minimum atomic E-state index is -1.16. The highest BCUT2D eigenvalue weighted by molar-refractivity contribution is 5.83. The molecule has 2 aromatic carbocycles. The topological polar surface area (TPSA) is 86.7 Å². The van der Waals surface area contributed by atoms with Gasteiger partial charge in [0.2, 0.25) is 0 Å². The van der Waals surface area contributed by atoms with E-state index in [4.69, 9.17) is 9.84 Å². The Labute approximate surface area is 152 Å². The van der Waals surface area contributed by atoms with Crippen LogP contribution >= 0.6 is 0 Å². The van der Waals surface area contributed by atoms with Crippen LogP contribution in [0.15, 0.2) is 60.7 Å². The molecular formula is C21H21O5-. The van der Waals surface area contributed by atoms with Crippen molar-refractivity contribution in [2.75, 3.05) is 13.2 Å². The van der Waals surface area contributed by atoms with E-state index in [1.807, 2.05) is 60.7 Å². The van der Waals surface area contributed by atoms with E-state index in [1.165, 1.54) is 0 Å². The second-order valence-corrected chi connectivity index (χ2v) is 6.49. The monoisotopic (exact) mass is 353 g/mol. The number of rotatable bonds is 7. The van der Waals surface area contributed by atoms with Crippen molar-refractivity contribution in [1.82, 2.24) is 0 Å². The molecule has 1 N–H and O–H groups in total. The first-order valence-corrected chi connectivity index (χ1v) is 8.73. The van der Waals surface area contributed by atoms with Crippen LogP contribution in [-0.4, -0.2) is 30.3 Å². The number of ether oxygens (including phenoxy) is 1. The molecule has 1 aliphatic rings. The summed E-state index contributed by atoms with van der Waals surface area (Å²) in [6, 6.07) is 18.3. The van der Waals surface area contributed by atoms with Gasteiger partial charge in [0.05, 0.1) is 12.5 Å². The van der Waals surface area contributed by atoms with Gasteiger partial charge in [-0.25, -0.2) is 0 Å². The molecular weight excluding hydrogens is 332 g/mol. The Balaban J connectivity index is 1.95. The Morgan fingerprint density at radius 2 is 1.38 bits per heavy atom. The Hall–Kier alpha value is -2.66. The molecule has 0 radical (unpaired) electrons. The standard InChI is InChI=1S/C21H22O5/c22-12-7-13-26-21(25)19-16(14-8-3-1-4-9-14)18(20(23)24)17(19)15-10-5-2-6-11-15/h1-6,8-11,16-19,22H,7,12-13H2,(H,23,24)/p-1/t16-,17-,18?,19?/m1/s1. The molecule has 0 heterocycles. The van der Waals surface area contributed by atoms with Gasteiger partial charge in [0.25, 0.3) is 0 Å². The summed E-state index contributed by atoms with van der Waals surface area (Å²) in [4.78, 5) is 24.6. The molecule has 0 unspecified atom stereocenters. The van der Waals surface area contributed by atoms with Gasteiger partial charge in [-0.05, 0) is 11.1 Å². The third-order valence-corrected chi connectivity index (χ3v) is 5.01. The van der Waals surface area contributed by atoms with Crippen molar-refractivity contribution >= 4 is 11.9 Å². The largest absolute Gasteiger partial charge is 0.550 e. The fourth-order valence-electron chi connectivity index (χ4n) is 3.85. The predicted octanol–water partition coefficient (Wildman–Crippen LogP) is 1.48. The summed E-state index contributed by atoms with van der Waals surface area (Å²) in [5.74, 6) is -3.97. The van der Waals surface area contributed by atoms with E-state index in [9.17, 15) is 14.7 Å². The van der Waals surface area contributed by atoms with Gasteiger partial charge < -0.3 is 19.7 Å². The third-order valence-electron chi connectivity index (χ3n) is 5.01. The van der Waals surface area contributed by atoms with E-state index in [0.29, 0.717) is 6.42 Å². The molecule has 0 saturated heterocycles. The average molecular weight is 353 g/mol. The van der Waals surface area contributed by atoms with Gasteiger partial charge in [0, 0.05) is 36.8 Å². The number of aliphatic hydroxyl groups is 1. The first-order chi connectivity index (χ1) is 12.6. The van der Waals surface area contributed by atoms with Gasteiger partial charge in [0.15, 0.2) is 0 Å². The molecule has 1 saturated carbocycles. The lowest BCUT2D eigenvalue weighted by molar-refractivity contribution is -0.317. The smallest absolute Gasteiger partial charge is 0.310 e. The van der Waals surface area contributed by atoms with Crippen molar-refractivity contribution in [3.05, 3.63) is 71.8 Å². The van der Waals surface area contributed by atoms with Crippen molar-refractivity contribution in [3.8, 4) is 0 Å². The van der Waals surface area contributed by atoms with Crippen molar-refractivity contribution in [2.45, 2.75) is 18.3 Å². The maximum atomic E-state index is 12.7. The first-order valence-electron chi connectivity index (χ1n) is 8.73. The van der Waals surface area contributed by atoms with E-state index in [-0.39, 0.29) is 13.2 Å². The molecule has 0 aliphatic heterocycles. The molecule has 0 amide bonds. The van der Waals surface area contributed by atoms with Crippen molar-refractivity contribution < 1.29 is 24.5 Å². The van der Waals surface area contributed by atoms with Crippen LogP contribution in [0.4, 0.5) is 0 Å². The van der Waals surface area contributed by atoms with Crippen LogP contribution in [-0.2, 0) is 14.3 Å². The quantitative estimate of drug-likeness (QED) is 0.602. The molecule has 3 rings (SSSR count). The molecule has 0 aromatic heterocycles.